The highest BCUT2D eigenvalue weighted by Crippen LogP contribution is 2.52. The van der Waals surface area contributed by atoms with Crippen molar-refractivity contribution in [1.29, 1.82) is 0 Å². The predicted octanol–water partition coefficient (Wildman–Crippen LogP) is 9.09. The molecular weight excluding hydrogens is 457 g/mol. The number of piperidine rings is 1. The predicted molar refractivity (Wildman–Crippen MR) is 162 cm³/mol. The Bertz CT molecular complexity index is 1020. The average molecular weight is 510 g/mol. The van der Waals surface area contributed by atoms with Crippen molar-refractivity contribution < 1.29 is 5.11 Å². The summed E-state index contributed by atoms with van der Waals surface area (Å²) in [5.41, 5.74) is 6.24. The fraction of sp³-hybridized carbons (Fsp3) is 0.636. The standard InChI is InChI=1S/C33H52NOP/c1-10-11-13-18-33(9,27-23-25(31(3,4)5)22-26(30(27)35)32(6,7)8)36-29-17-16-24(2)21-28(29)34-19-14-12-15-20-34/h16-17,21-23,35-36H,10-15,18-20H2,1-9H3. The van der Waals surface area contributed by atoms with E-state index in [1.54, 1.807) is 0 Å². The molecule has 1 aliphatic rings. The minimum atomic E-state index is -0.115. The Labute approximate surface area is 224 Å². The number of phenolic OH excluding ortho intramolecular Hbond substituents is 1. The van der Waals surface area contributed by atoms with Crippen LogP contribution in [0, 0.1) is 6.92 Å². The quantitative estimate of drug-likeness (QED) is 0.283. The zero-order valence-corrected chi connectivity index (χ0v) is 25.6. The van der Waals surface area contributed by atoms with Crippen LogP contribution in [0.4, 0.5) is 5.69 Å². The third-order valence-corrected chi connectivity index (χ3v) is 9.68. The second-order valence-corrected chi connectivity index (χ2v) is 15.3. The number of phenols is 1. The second kappa shape index (κ2) is 11.5. The van der Waals surface area contributed by atoms with Crippen LogP contribution in [0.5, 0.6) is 5.75 Å². The number of aromatic hydroxyl groups is 1. The minimum Gasteiger partial charge on any atom is -0.507 e. The topological polar surface area (TPSA) is 23.5 Å². The van der Waals surface area contributed by atoms with Gasteiger partial charge < -0.3 is 10.0 Å². The summed E-state index contributed by atoms with van der Waals surface area (Å²) in [6.07, 6.45) is 8.65. The first-order chi connectivity index (χ1) is 16.8. The summed E-state index contributed by atoms with van der Waals surface area (Å²) in [5.74, 6) is 0.522. The van der Waals surface area contributed by atoms with Gasteiger partial charge in [-0.25, -0.2) is 0 Å². The van der Waals surface area contributed by atoms with Crippen molar-refractivity contribution in [2.75, 3.05) is 18.0 Å². The van der Waals surface area contributed by atoms with Gasteiger partial charge in [0.05, 0.1) is 0 Å². The lowest BCUT2D eigenvalue weighted by atomic mass is 9.77. The Kier molecular flexibility index (Phi) is 9.25. The molecule has 0 radical (unpaired) electrons. The molecular formula is C33H52NOP. The number of hydrogen-bond donors (Lipinski definition) is 1. The van der Waals surface area contributed by atoms with Crippen LogP contribution in [0.1, 0.15) is 123 Å². The fourth-order valence-corrected chi connectivity index (χ4v) is 7.24. The summed E-state index contributed by atoms with van der Waals surface area (Å²) < 4.78 is 0. The number of hydrogen-bond acceptors (Lipinski definition) is 2. The zero-order valence-electron chi connectivity index (χ0n) is 24.6. The van der Waals surface area contributed by atoms with Gasteiger partial charge in [0, 0.05) is 29.5 Å². The molecule has 0 spiro atoms. The van der Waals surface area contributed by atoms with Gasteiger partial charge in [0.15, 0.2) is 0 Å². The molecule has 1 heterocycles. The molecule has 0 aromatic heterocycles. The highest BCUT2D eigenvalue weighted by atomic mass is 31.1. The van der Waals surface area contributed by atoms with Crippen LogP contribution in [-0.4, -0.2) is 18.2 Å². The van der Waals surface area contributed by atoms with E-state index in [2.05, 4.69) is 97.5 Å². The molecule has 0 bridgehead atoms. The number of rotatable bonds is 8. The normalized spacial score (nSPS) is 17.1. The number of benzene rings is 2. The van der Waals surface area contributed by atoms with Crippen molar-refractivity contribution >= 4 is 19.6 Å². The first-order valence-corrected chi connectivity index (χ1v) is 15.3. The van der Waals surface area contributed by atoms with Gasteiger partial charge >= 0.3 is 0 Å². The van der Waals surface area contributed by atoms with Gasteiger partial charge in [-0.3, -0.25) is 0 Å². The average Bonchev–Trinajstić information content (AvgIpc) is 2.79. The van der Waals surface area contributed by atoms with Crippen LogP contribution in [-0.2, 0) is 16.0 Å². The Balaban J connectivity index is 2.18. The van der Waals surface area contributed by atoms with Crippen molar-refractivity contribution in [3.8, 4) is 5.75 Å². The first kappa shape index (κ1) is 29.0. The molecule has 3 heteroatoms. The molecule has 0 amide bonds. The van der Waals surface area contributed by atoms with Crippen LogP contribution in [0.2, 0.25) is 0 Å². The third-order valence-electron chi connectivity index (χ3n) is 7.92. The summed E-state index contributed by atoms with van der Waals surface area (Å²) in [4.78, 5) is 2.62. The summed E-state index contributed by atoms with van der Waals surface area (Å²) in [6, 6.07) is 11.7. The van der Waals surface area contributed by atoms with E-state index in [0.29, 0.717) is 14.3 Å². The van der Waals surface area contributed by atoms with Crippen molar-refractivity contribution in [1.82, 2.24) is 0 Å². The third kappa shape index (κ3) is 6.86. The minimum absolute atomic E-state index is 0.0265. The smallest absolute Gasteiger partial charge is 0.123 e. The molecule has 2 aromatic rings. The zero-order chi connectivity index (χ0) is 26.7. The molecule has 2 nitrogen and oxygen atoms in total. The maximum absolute atomic E-state index is 11.8. The molecule has 0 saturated carbocycles. The highest BCUT2D eigenvalue weighted by molar-refractivity contribution is 7.49. The molecule has 200 valence electrons. The van der Waals surface area contributed by atoms with Crippen LogP contribution in [0.15, 0.2) is 30.3 Å². The second-order valence-electron chi connectivity index (χ2n) is 13.4. The lowest BCUT2D eigenvalue weighted by Gasteiger charge is -2.37. The van der Waals surface area contributed by atoms with Gasteiger partial charge in [0.2, 0.25) is 0 Å². The van der Waals surface area contributed by atoms with Gasteiger partial charge in [0.1, 0.15) is 5.75 Å². The van der Waals surface area contributed by atoms with Gasteiger partial charge in [0.25, 0.3) is 0 Å². The lowest BCUT2D eigenvalue weighted by Crippen LogP contribution is -2.33. The van der Waals surface area contributed by atoms with Crippen molar-refractivity contribution in [3.63, 3.8) is 0 Å². The number of aryl methyl sites for hydroxylation is 1. The maximum Gasteiger partial charge on any atom is 0.123 e. The SMILES string of the molecule is CCCCCC(C)(Pc1ccc(C)cc1N1CCCCC1)c1cc(C(C)(C)C)cc(C(C)(C)C)c1O. The number of unbranched alkanes of at least 4 members (excludes halogenated alkanes) is 2. The molecule has 1 N–H and O–H groups in total. The van der Waals surface area contributed by atoms with Crippen molar-refractivity contribution in [2.45, 2.75) is 123 Å². The van der Waals surface area contributed by atoms with E-state index in [4.69, 9.17) is 0 Å². The molecule has 2 atom stereocenters. The van der Waals surface area contributed by atoms with Gasteiger partial charge in [-0.1, -0.05) is 107 Å². The number of anilines is 1. The monoisotopic (exact) mass is 509 g/mol. The molecule has 2 unspecified atom stereocenters. The van der Waals surface area contributed by atoms with Gasteiger partial charge in [-0.05, 0) is 71.5 Å². The summed E-state index contributed by atoms with van der Waals surface area (Å²) in [7, 11) is 0.611. The van der Waals surface area contributed by atoms with E-state index in [1.807, 2.05) is 0 Å². The van der Waals surface area contributed by atoms with Crippen molar-refractivity contribution in [2.24, 2.45) is 0 Å². The van der Waals surface area contributed by atoms with E-state index < -0.39 is 0 Å². The largest absolute Gasteiger partial charge is 0.507 e. The molecule has 1 saturated heterocycles. The molecule has 36 heavy (non-hydrogen) atoms. The van der Waals surface area contributed by atoms with Gasteiger partial charge in [-0.2, -0.15) is 0 Å². The van der Waals surface area contributed by atoms with Crippen LogP contribution < -0.4 is 10.2 Å². The molecule has 1 aliphatic heterocycles. The van der Waals surface area contributed by atoms with E-state index >= 15 is 0 Å². The van der Waals surface area contributed by atoms with E-state index in [-0.39, 0.29) is 16.0 Å². The van der Waals surface area contributed by atoms with Crippen molar-refractivity contribution in [3.05, 3.63) is 52.6 Å². The molecule has 1 fully saturated rings. The Morgan fingerprint density at radius 1 is 0.833 bits per heavy atom. The lowest BCUT2D eigenvalue weighted by molar-refractivity contribution is 0.424. The van der Waals surface area contributed by atoms with Crippen LogP contribution in [0.3, 0.4) is 0 Å². The van der Waals surface area contributed by atoms with Crippen LogP contribution >= 0.6 is 8.58 Å². The summed E-state index contributed by atoms with van der Waals surface area (Å²) in [5, 5.41) is 13.2. The Hall–Kier alpha value is -1.53. The van der Waals surface area contributed by atoms with E-state index in [9.17, 15) is 5.11 Å². The molecule has 0 aliphatic carbocycles. The first-order valence-electron chi connectivity index (χ1n) is 14.3. The molecule has 2 aromatic carbocycles. The highest BCUT2D eigenvalue weighted by Gasteiger charge is 2.35. The van der Waals surface area contributed by atoms with Gasteiger partial charge in [-0.15, -0.1) is 0 Å². The fourth-order valence-electron chi connectivity index (χ4n) is 5.49. The summed E-state index contributed by atoms with van der Waals surface area (Å²) >= 11 is 0. The number of nitrogens with zero attached hydrogens (tertiary/aromatic N) is 1. The van der Waals surface area contributed by atoms with E-state index in [1.165, 1.54) is 60.6 Å². The van der Waals surface area contributed by atoms with Crippen LogP contribution in [0.25, 0.3) is 0 Å². The Morgan fingerprint density at radius 2 is 1.47 bits per heavy atom. The molecule has 3 rings (SSSR count). The van der Waals surface area contributed by atoms with E-state index in [0.717, 1.165) is 30.6 Å². The Morgan fingerprint density at radius 3 is 2.06 bits per heavy atom. The maximum atomic E-state index is 11.8. The summed E-state index contributed by atoms with van der Waals surface area (Å²) in [6.45, 7) is 22.8.